The Morgan fingerprint density at radius 1 is 1.39 bits per heavy atom. The van der Waals surface area contributed by atoms with Gasteiger partial charge < -0.3 is 10.0 Å². The number of para-hydroxylation sites is 1. The highest BCUT2D eigenvalue weighted by Crippen LogP contribution is 2.32. The quantitative estimate of drug-likeness (QED) is 0.811. The molecule has 1 aliphatic rings. The zero-order chi connectivity index (χ0) is 13.3. The molecule has 4 heteroatoms. The van der Waals surface area contributed by atoms with E-state index in [0.717, 1.165) is 23.7 Å². The third-order valence-electron chi connectivity index (χ3n) is 3.10. The second-order valence-electron chi connectivity index (χ2n) is 4.52. The first-order chi connectivity index (χ1) is 8.50. The van der Waals surface area contributed by atoms with E-state index in [0.29, 0.717) is 0 Å². The van der Waals surface area contributed by atoms with Crippen LogP contribution in [0.3, 0.4) is 0 Å². The van der Waals surface area contributed by atoms with E-state index in [1.807, 2.05) is 31.2 Å². The van der Waals surface area contributed by atoms with Gasteiger partial charge in [0.05, 0.1) is 0 Å². The fraction of sp³-hybridized carbons (Fsp3) is 0.286. The number of carbonyl (C=O) groups excluding carboxylic acids is 1. The number of aliphatic carboxylic acids is 1. The summed E-state index contributed by atoms with van der Waals surface area (Å²) in [5.41, 5.74) is 2.25. The summed E-state index contributed by atoms with van der Waals surface area (Å²) in [7, 11) is 0. The molecule has 1 amide bonds. The number of carboxylic acids is 1. The molecule has 0 aromatic heterocycles. The van der Waals surface area contributed by atoms with Gasteiger partial charge in [-0.15, -0.1) is 0 Å². The Hall–Kier alpha value is -2.10. The second kappa shape index (κ2) is 4.64. The van der Waals surface area contributed by atoms with Gasteiger partial charge in [0.15, 0.2) is 0 Å². The third kappa shape index (κ3) is 2.14. The van der Waals surface area contributed by atoms with E-state index < -0.39 is 5.97 Å². The van der Waals surface area contributed by atoms with Crippen LogP contribution in [0.4, 0.5) is 5.69 Å². The highest BCUT2D eigenvalue weighted by Gasteiger charge is 2.31. The molecule has 2 rings (SSSR count). The van der Waals surface area contributed by atoms with Crippen LogP contribution in [0.15, 0.2) is 35.9 Å². The number of amides is 1. The SMILES string of the molecule is C/C(=C\C(=O)O)C(=O)N1c2ccccc2CC1C. The Morgan fingerprint density at radius 3 is 2.72 bits per heavy atom. The van der Waals surface area contributed by atoms with Crippen LogP contribution in [-0.2, 0) is 16.0 Å². The molecule has 94 valence electrons. The van der Waals surface area contributed by atoms with E-state index in [1.165, 1.54) is 6.92 Å². The summed E-state index contributed by atoms with van der Waals surface area (Å²) in [5.74, 6) is -1.34. The first-order valence-corrected chi connectivity index (χ1v) is 5.83. The number of benzene rings is 1. The molecule has 0 radical (unpaired) electrons. The van der Waals surface area contributed by atoms with Crippen LogP contribution in [0, 0.1) is 0 Å². The lowest BCUT2D eigenvalue weighted by atomic mass is 10.1. The van der Waals surface area contributed by atoms with Crippen molar-refractivity contribution in [1.82, 2.24) is 0 Å². The van der Waals surface area contributed by atoms with Gasteiger partial charge in [0, 0.05) is 23.4 Å². The van der Waals surface area contributed by atoms with E-state index in [4.69, 9.17) is 5.11 Å². The highest BCUT2D eigenvalue weighted by molar-refractivity contribution is 6.09. The number of fused-ring (bicyclic) bond motifs is 1. The predicted molar refractivity (Wildman–Crippen MR) is 68.5 cm³/mol. The smallest absolute Gasteiger partial charge is 0.328 e. The zero-order valence-corrected chi connectivity index (χ0v) is 10.4. The minimum absolute atomic E-state index is 0.0621. The molecule has 18 heavy (non-hydrogen) atoms. The number of anilines is 1. The number of rotatable bonds is 2. The number of hydrogen-bond donors (Lipinski definition) is 1. The molecule has 0 fully saturated rings. The van der Waals surface area contributed by atoms with Gasteiger partial charge in [0.2, 0.25) is 0 Å². The molecule has 0 spiro atoms. The highest BCUT2D eigenvalue weighted by atomic mass is 16.4. The molecule has 0 bridgehead atoms. The Morgan fingerprint density at radius 2 is 2.06 bits per heavy atom. The van der Waals surface area contributed by atoms with E-state index in [2.05, 4.69) is 0 Å². The van der Waals surface area contributed by atoms with E-state index in [1.54, 1.807) is 4.90 Å². The molecule has 1 aliphatic heterocycles. The minimum atomic E-state index is -1.10. The summed E-state index contributed by atoms with van der Waals surface area (Å²) in [6.45, 7) is 3.50. The van der Waals surface area contributed by atoms with Gasteiger partial charge in [0.25, 0.3) is 5.91 Å². The van der Waals surface area contributed by atoms with E-state index >= 15 is 0 Å². The van der Waals surface area contributed by atoms with E-state index in [-0.39, 0.29) is 17.5 Å². The van der Waals surface area contributed by atoms with Crippen molar-refractivity contribution >= 4 is 17.6 Å². The third-order valence-corrected chi connectivity index (χ3v) is 3.10. The largest absolute Gasteiger partial charge is 0.478 e. The molecule has 1 heterocycles. The minimum Gasteiger partial charge on any atom is -0.478 e. The molecule has 0 saturated carbocycles. The molecule has 0 saturated heterocycles. The van der Waals surface area contributed by atoms with Gasteiger partial charge >= 0.3 is 5.97 Å². The van der Waals surface area contributed by atoms with Crippen molar-refractivity contribution < 1.29 is 14.7 Å². The van der Waals surface area contributed by atoms with Gasteiger partial charge in [0.1, 0.15) is 0 Å². The fourth-order valence-electron chi connectivity index (χ4n) is 2.31. The second-order valence-corrected chi connectivity index (χ2v) is 4.52. The van der Waals surface area contributed by atoms with Crippen LogP contribution >= 0.6 is 0 Å². The zero-order valence-electron chi connectivity index (χ0n) is 10.4. The Kier molecular flexibility index (Phi) is 3.19. The van der Waals surface area contributed by atoms with Gasteiger partial charge in [-0.2, -0.15) is 0 Å². The van der Waals surface area contributed by atoms with Crippen molar-refractivity contribution in [3.63, 3.8) is 0 Å². The summed E-state index contributed by atoms with van der Waals surface area (Å²) in [4.78, 5) is 24.5. The molecule has 0 aliphatic carbocycles. The van der Waals surface area contributed by atoms with Crippen molar-refractivity contribution in [3.05, 3.63) is 41.5 Å². The molecule has 4 nitrogen and oxygen atoms in total. The fourth-order valence-corrected chi connectivity index (χ4v) is 2.31. The molecular weight excluding hydrogens is 230 g/mol. The number of nitrogens with zero attached hydrogens (tertiary/aromatic N) is 1. The number of carboxylic acid groups (broad SMARTS) is 1. The van der Waals surface area contributed by atoms with Gasteiger partial charge in [-0.3, -0.25) is 4.79 Å². The summed E-state index contributed by atoms with van der Waals surface area (Å²) >= 11 is 0. The Bertz CT molecular complexity index is 534. The van der Waals surface area contributed by atoms with Crippen molar-refractivity contribution in [2.24, 2.45) is 0 Å². The molecule has 1 aromatic rings. The Labute approximate surface area is 106 Å². The predicted octanol–water partition coefficient (Wildman–Crippen LogP) is 2.00. The van der Waals surface area contributed by atoms with Crippen LogP contribution in [0.5, 0.6) is 0 Å². The van der Waals surface area contributed by atoms with Gasteiger partial charge in [-0.05, 0) is 31.9 Å². The molecule has 1 aromatic carbocycles. The van der Waals surface area contributed by atoms with Crippen LogP contribution in [0.25, 0.3) is 0 Å². The van der Waals surface area contributed by atoms with Gasteiger partial charge in [-0.1, -0.05) is 18.2 Å². The topological polar surface area (TPSA) is 57.6 Å². The molecule has 1 atom stereocenters. The Balaban J connectivity index is 2.34. The summed E-state index contributed by atoms with van der Waals surface area (Å²) in [5, 5.41) is 8.69. The van der Waals surface area contributed by atoms with Crippen LogP contribution < -0.4 is 4.90 Å². The summed E-state index contributed by atoms with van der Waals surface area (Å²) < 4.78 is 0. The lowest BCUT2D eigenvalue weighted by Gasteiger charge is -2.22. The van der Waals surface area contributed by atoms with Crippen LogP contribution in [0.1, 0.15) is 19.4 Å². The van der Waals surface area contributed by atoms with E-state index in [9.17, 15) is 9.59 Å². The maximum absolute atomic E-state index is 12.2. The number of hydrogen-bond acceptors (Lipinski definition) is 2. The monoisotopic (exact) mass is 245 g/mol. The normalized spacial score (nSPS) is 18.7. The average molecular weight is 245 g/mol. The molecule has 1 N–H and O–H groups in total. The maximum atomic E-state index is 12.2. The summed E-state index contributed by atoms with van der Waals surface area (Å²) in [6.07, 6.45) is 1.76. The first-order valence-electron chi connectivity index (χ1n) is 5.83. The maximum Gasteiger partial charge on any atom is 0.328 e. The lowest BCUT2D eigenvalue weighted by molar-refractivity contribution is -0.131. The van der Waals surface area contributed by atoms with Crippen molar-refractivity contribution in [1.29, 1.82) is 0 Å². The van der Waals surface area contributed by atoms with Crippen LogP contribution in [-0.4, -0.2) is 23.0 Å². The standard InChI is InChI=1S/C14H15NO3/c1-9(7-13(16)17)14(18)15-10(2)8-11-5-3-4-6-12(11)15/h3-7,10H,8H2,1-2H3,(H,16,17)/b9-7+. The number of carbonyl (C=O) groups is 2. The van der Waals surface area contributed by atoms with Crippen LogP contribution in [0.2, 0.25) is 0 Å². The lowest BCUT2D eigenvalue weighted by Crippen LogP contribution is -2.36. The molecule has 1 unspecified atom stereocenters. The molecular formula is C14H15NO3. The first kappa shape index (κ1) is 12.4. The average Bonchev–Trinajstić information content (AvgIpc) is 2.63. The van der Waals surface area contributed by atoms with Crippen molar-refractivity contribution in [2.75, 3.05) is 4.90 Å². The van der Waals surface area contributed by atoms with Crippen molar-refractivity contribution in [2.45, 2.75) is 26.3 Å². The van der Waals surface area contributed by atoms with Crippen molar-refractivity contribution in [3.8, 4) is 0 Å². The van der Waals surface area contributed by atoms with Gasteiger partial charge in [-0.25, -0.2) is 4.79 Å². The summed E-state index contributed by atoms with van der Waals surface area (Å²) in [6, 6.07) is 7.78.